The van der Waals surface area contributed by atoms with Crippen LogP contribution in [-0.4, -0.2) is 18.0 Å². The lowest BCUT2D eigenvalue weighted by Crippen LogP contribution is -2.17. The third-order valence-corrected chi connectivity index (χ3v) is 4.79. The number of carbonyl (C=O) groups is 1. The maximum atomic E-state index is 12.2. The SMILES string of the molecule is COc1ccc2[nH]c(=O)c(CCC(=O)Nc3cccc(Cl)c3Cl)cc2c1. The highest BCUT2D eigenvalue weighted by atomic mass is 35.5. The van der Waals surface area contributed by atoms with E-state index in [1.807, 2.05) is 6.07 Å². The van der Waals surface area contributed by atoms with Crippen LogP contribution in [0.4, 0.5) is 5.69 Å². The second-order valence-corrected chi connectivity index (χ2v) is 6.51. The van der Waals surface area contributed by atoms with Crippen LogP contribution in [0.25, 0.3) is 10.9 Å². The van der Waals surface area contributed by atoms with Gasteiger partial charge in [-0.25, -0.2) is 0 Å². The fourth-order valence-electron chi connectivity index (χ4n) is 2.60. The van der Waals surface area contributed by atoms with Crippen molar-refractivity contribution in [3.8, 4) is 5.75 Å². The number of amides is 1. The molecule has 2 N–H and O–H groups in total. The van der Waals surface area contributed by atoms with Gasteiger partial charge in [-0.2, -0.15) is 0 Å². The fraction of sp³-hybridized carbons (Fsp3) is 0.158. The number of aromatic nitrogens is 1. The number of hydrogen-bond acceptors (Lipinski definition) is 3. The molecule has 0 aliphatic rings. The molecule has 3 aromatic rings. The lowest BCUT2D eigenvalue weighted by Gasteiger charge is -2.08. The van der Waals surface area contributed by atoms with Crippen molar-refractivity contribution in [3.05, 3.63) is 68.4 Å². The first-order chi connectivity index (χ1) is 12.5. The van der Waals surface area contributed by atoms with E-state index in [-0.39, 0.29) is 22.9 Å². The number of ether oxygens (including phenoxy) is 1. The molecular weight excluding hydrogens is 375 g/mol. The third kappa shape index (κ3) is 4.00. The number of H-pyrrole nitrogens is 1. The minimum Gasteiger partial charge on any atom is -0.497 e. The Kier molecular flexibility index (Phi) is 5.49. The lowest BCUT2D eigenvalue weighted by atomic mass is 10.1. The van der Waals surface area contributed by atoms with Crippen LogP contribution in [0.5, 0.6) is 5.75 Å². The van der Waals surface area contributed by atoms with Gasteiger partial charge in [-0.3, -0.25) is 9.59 Å². The molecule has 0 spiro atoms. The van der Waals surface area contributed by atoms with Gasteiger partial charge in [-0.05, 0) is 42.8 Å². The summed E-state index contributed by atoms with van der Waals surface area (Å²) >= 11 is 12.0. The van der Waals surface area contributed by atoms with E-state index in [9.17, 15) is 9.59 Å². The van der Waals surface area contributed by atoms with Crippen molar-refractivity contribution in [1.82, 2.24) is 4.98 Å². The van der Waals surface area contributed by atoms with Gasteiger partial charge in [0.2, 0.25) is 5.91 Å². The molecule has 0 aliphatic heterocycles. The molecule has 0 unspecified atom stereocenters. The molecule has 3 rings (SSSR count). The summed E-state index contributed by atoms with van der Waals surface area (Å²) in [4.78, 5) is 27.2. The number of fused-ring (bicyclic) bond motifs is 1. The molecule has 0 atom stereocenters. The Labute approximate surface area is 159 Å². The highest BCUT2D eigenvalue weighted by Crippen LogP contribution is 2.29. The van der Waals surface area contributed by atoms with E-state index in [4.69, 9.17) is 27.9 Å². The van der Waals surface area contributed by atoms with Gasteiger partial charge >= 0.3 is 0 Å². The number of aromatic amines is 1. The number of anilines is 1. The topological polar surface area (TPSA) is 71.2 Å². The van der Waals surface area contributed by atoms with Gasteiger partial charge in [0.25, 0.3) is 5.56 Å². The van der Waals surface area contributed by atoms with Crippen LogP contribution in [0, 0.1) is 0 Å². The zero-order chi connectivity index (χ0) is 18.7. The highest BCUT2D eigenvalue weighted by molar-refractivity contribution is 6.43. The number of halogens is 2. The van der Waals surface area contributed by atoms with E-state index < -0.39 is 0 Å². The van der Waals surface area contributed by atoms with Crippen molar-refractivity contribution >= 4 is 45.7 Å². The second-order valence-electron chi connectivity index (χ2n) is 5.73. The molecule has 7 heteroatoms. The quantitative estimate of drug-likeness (QED) is 0.677. The minimum absolute atomic E-state index is 0.140. The molecule has 2 aromatic carbocycles. The molecule has 134 valence electrons. The zero-order valence-corrected chi connectivity index (χ0v) is 15.4. The predicted octanol–water partition coefficient (Wildman–Crippen LogP) is 4.41. The number of methoxy groups -OCH3 is 1. The van der Waals surface area contributed by atoms with E-state index >= 15 is 0 Å². The van der Waals surface area contributed by atoms with Crippen molar-refractivity contribution in [2.75, 3.05) is 12.4 Å². The normalized spacial score (nSPS) is 10.7. The molecule has 0 fully saturated rings. The average molecular weight is 391 g/mol. The lowest BCUT2D eigenvalue weighted by molar-refractivity contribution is -0.116. The number of benzene rings is 2. The maximum Gasteiger partial charge on any atom is 0.251 e. The second kappa shape index (κ2) is 7.81. The Bertz CT molecular complexity index is 1030. The van der Waals surface area contributed by atoms with Crippen molar-refractivity contribution in [2.24, 2.45) is 0 Å². The molecule has 0 saturated heterocycles. The number of carbonyl (C=O) groups excluding carboxylic acids is 1. The number of hydrogen-bond donors (Lipinski definition) is 2. The summed E-state index contributed by atoms with van der Waals surface area (Å²) in [7, 11) is 1.58. The van der Waals surface area contributed by atoms with Gasteiger partial charge in [0, 0.05) is 22.9 Å². The van der Waals surface area contributed by atoms with Crippen LogP contribution in [-0.2, 0) is 11.2 Å². The summed E-state index contributed by atoms with van der Waals surface area (Å²) in [6.45, 7) is 0. The standard InChI is InChI=1S/C19H16Cl2N2O3/c1-26-13-6-7-15-12(10-13)9-11(19(25)23-15)5-8-17(24)22-16-4-2-3-14(20)18(16)21/h2-4,6-7,9-10H,5,8H2,1H3,(H,22,24)(H,23,25). The van der Waals surface area contributed by atoms with Gasteiger partial charge in [0.15, 0.2) is 0 Å². The molecule has 0 saturated carbocycles. The summed E-state index contributed by atoms with van der Waals surface area (Å²) < 4.78 is 5.20. The van der Waals surface area contributed by atoms with Gasteiger partial charge in [-0.1, -0.05) is 29.3 Å². The molecule has 1 amide bonds. The fourth-order valence-corrected chi connectivity index (χ4v) is 2.95. The van der Waals surface area contributed by atoms with Crippen LogP contribution < -0.4 is 15.6 Å². The summed E-state index contributed by atoms with van der Waals surface area (Å²) in [5.41, 5.74) is 1.48. The van der Waals surface area contributed by atoms with E-state index in [2.05, 4.69) is 10.3 Å². The van der Waals surface area contributed by atoms with Crippen LogP contribution in [0.15, 0.2) is 47.3 Å². The van der Waals surface area contributed by atoms with Crippen molar-refractivity contribution in [3.63, 3.8) is 0 Å². The Hall–Kier alpha value is -2.50. The van der Waals surface area contributed by atoms with Gasteiger partial charge in [-0.15, -0.1) is 0 Å². The van der Waals surface area contributed by atoms with Crippen LogP contribution in [0.2, 0.25) is 10.0 Å². The number of nitrogens with one attached hydrogen (secondary N) is 2. The molecule has 1 aromatic heterocycles. The third-order valence-electron chi connectivity index (χ3n) is 3.98. The number of aryl methyl sites for hydroxylation is 1. The summed E-state index contributed by atoms with van der Waals surface area (Å²) in [6, 6.07) is 12.2. The van der Waals surface area contributed by atoms with Gasteiger partial charge in [0.1, 0.15) is 5.75 Å². The summed E-state index contributed by atoms with van der Waals surface area (Å²) in [5.74, 6) is 0.447. The Morgan fingerprint density at radius 3 is 2.77 bits per heavy atom. The first kappa shape index (κ1) is 18.3. The van der Waals surface area contributed by atoms with E-state index in [0.717, 1.165) is 10.9 Å². The molecule has 5 nitrogen and oxygen atoms in total. The van der Waals surface area contributed by atoms with Gasteiger partial charge < -0.3 is 15.0 Å². The largest absolute Gasteiger partial charge is 0.497 e. The predicted molar refractivity (Wildman–Crippen MR) is 105 cm³/mol. The highest BCUT2D eigenvalue weighted by Gasteiger charge is 2.10. The molecular formula is C19H16Cl2N2O3. The summed E-state index contributed by atoms with van der Waals surface area (Å²) in [6.07, 6.45) is 0.438. The van der Waals surface area contributed by atoms with Crippen molar-refractivity contribution < 1.29 is 9.53 Å². The Morgan fingerprint density at radius 2 is 2.00 bits per heavy atom. The Morgan fingerprint density at radius 1 is 1.19 bits per heavy atom. The number of pyridine rings is 1. The van der Waals surface area contributed by atoms with Crippen molar-refractivity contribution in [2.45, 2.75) is 12.8 Å². The molecule has 0 bridgehead atoms. The zero-order valence-electron chi connectivity index (χ0n) is 13.9. The molecule has 1 heterocycles. The summed E-state index contributed by atoms with van der Waals surface area (Å²) in [5, 5.41) is 4.21. The van der Waals surface area contributed by atoms with Crippen LogP contribution in [0.1, 0.15) is 12.0 Å². The first-order valence-electron chi connectivity index (χ1n) is 7.92. The first-order valence-corrected chi connectivity index (χ1v) is 8.67. The Balaban J connectivity index is 1.74. The maximum absolute atomic E-state index is 12.2. The average Bonchev–Trinajstić information content (AvgIpc) is 2.63. The molecule has 26 heavy (non-hydrogen) atoms. The molecule has 0 radical (unpaired) electrons. The van der Waals surface area contributed by atoms with Crippen LogP contribution >= 0.6 is 23.2 Å². The van der Waals surface area contributed by atoms with E-state index in [0.29, 0.717) is 28.4 Å². The monoisotopic (exact) mass is 390 g/mol. The number of rotatable bonds is 5. The molecule has 0 aliphatic carbocycles. The van der Waals surface area contributed by atoms with Gasteiger partial charge in [0.05, 0.1) is 22.8 Å². The van der Waals surface area contributed by atoms with Crippen LogP contribution in [0.3, 0.4) is 0 Å². The van der Waals surface area contributed by atoms with Crippen molar-refractivity contribution in [1.29, 1.82) is 0 Å². The van der Waals surface area contributed by atoms with E-state index in [1.165, 1.54) is 0 Å². The van der Waals surface area contributed by atoms with E-state index in [1.54, 1.807) is 43.5 Å². The smallest absolute Gasteiger partial charge is 0.251 e. The minimum atomic E-state index is -0.251.